The van der Waals surface area contributed by atoms with Gasteiger partial charge in [-0.05, 0) is 90.0 Å². The Balaban J connectivity index is 1.62. The summed E-state index contributed by atoms with van der Waals surface area (Å²) in [4.78, 5) is 31.9. The second-order valence-corrected chi connectivity index (χ2v) is 12.6. The van der Waals surface area contributed by atoms with Crippen LogP contribution in [-0.2, 0) is 16.1 Å². The molecule has 1 aliphatic heterocycles. The second kappa shape index (κ2) is 14.1. The third kappa shape index (κ3) is 6.76. The van der Waals surface area contributed by atoms with E-state index in [0.717, 1.165) is 13.6 Å². The average Bonchev–Trinajstić information content (AvgIpc) is 3.32. The lowest BCUT2D eigenvalue weighted by atomic mass is 9.97. The Morgan fingerprint density at radius 1 is 1.07 bits per heavy atom. The first kappa shape index (κ1) is 31.9. The fraction of sp³-hybridized carbons (Fsp3) is 0.219. The van der Waals surface area contributed by atoms with Gasteiger partial charge in [0.2, 0.25) is 0 Å². The molecule has 228 valence electrons. The molecule has 0 aliphatic carbocycles. The summed E-state index contributed by atoms with van der Waals surface area (Å²) >= 11 is 6.92. The molecule has 5 rings (SSSR count). The summed E-state index contributed by atoms with van der Waals surface area (Å²) < 4.78 is 39.7. The number of fused-ring (bicyclic) bond motifs is 1. The summed E-state index contributed by atoms with van der Waals surface area (Å²) in [5.41, 5.74) is 1.97. The van der Waals surface area contributed by atoms with E-state index >= 15 is 0 Å². The van der Waals surface area contributed by atoms with E-state index in [1.54, 1.807) is 36.4 Å². The number of benzene rings is 3. The summed E-state index contributed by atoms with van der Waals surface area (Å²) in [6, 6.07) is 14.4. The maximum atomic E-state index is 14.1. The fourth-order valence-electron chi connectivity index (χ4n) is 4.70. The van der Waals surface area contributed by atoms with Crippen molar-refractivity contribution in [2.24, 2.45) is 4.99 Å². The molecule has 0 amide bonds. The Morgan fingerprint density at radius 3 is 2.50 bits per heavy atom. The molecule has 1 aromatic heterocycles. The topological polar surface area (TPSA) is 88.4 Å². The van der Waals surface area contributed by atoms with E-state index in [9.17, 15) is 14.0 Å². The SMILES string of the molecule is CCOc1ccc([C@H]2C(C(=O)OC)=CN=c3s/c(=C/c4cc(Br)cc(I)c4OCc4ccc(F)cc4)c(=O)n32)cc1OCC. The first-order valence-electron chi connectivity index (χ1n) is 13.6. The van der Waals surface area contributed by atoms with E-state index < -0.39 is 12.0 Å². The predicted octanol–water partition coefficient (Wildman–Crippen LogP) is 5.90. The van der Waals surface area contributed by atoms with Gasteiger partial charge in [-0.1, -0.05) is 45.5 Å². The lowest BCUT2D eigenvalue weighted by Gasteiger charge is -2.23. The minimum absolute atomic E-state index is 0.207. The van der Waals surface area contributed by atoms with Crippen molar-refractivity contribution in [1.82, 2.24) is 4.57 Å². The van der Waals surface area contributed by atoms with E-state index in [4.69, 9.17) is 18.9 Å². The molecule has 44 heavy (non-hydrogen) atoms. The molecule has 0 bridgehead atoms. The predicted molar refractivity (Wildman–Crippen MR) is 178 cm³/mol. The number of rotatable bonds is 10. The van der Waals surface area contributed by atoms with E-state index in [0.29, 0.717) is 50.9 Å². The van der Waals surface area contributed by atoms with Crippen LogP contribution in [0.4, 0.5) is 4.39 Å². The van der Waals surface area contributed by atoms with Gasteiger partial charge in [-0.15, -0.1) is 0 Å². The minimum atomic E-state index is -0.812. The van der Waals surface area contributed by atoms with E-state index in [2.05, 4.69) is 43.5 Å². The number of thiazole rings is 1. The molecule has 4 aromatic rings. The smallest absolute Gasteiger partial charge is 0.337 e. The largest absolute Gasteiger partial charge is 0.490 e. The van der Waals surface area contributed by atoms with E-state index in [1.165, 1.54) is 41.3 Å². The highest BCUT2D eigenvalue weighted by Gasteiger charge is 2.31. The van der Waals surface area contributed by atoms with Gasteiger partial charge in [0.25, 0.3) is 5.56 Å². The van der Waals surface area contributed by atoms with Crippen molar-refractivity contribution in [2.75, 3.05) is 20.3 Å². The lowest BCUT2D eigenvalue weighted by Crippen LogP contribution is -2.39. The Kier molecular flexibility index (Phi) is 10.2. The summed E-state index contributed by atoms with van der Waals surface area (Å²) in [6.07, 6.45) is 3.20. The Morgan fingerprint density at radius 2 is 1.80 bits per heavy atom. The van der Waals surface area contributed by atoms with Crippen molar-refractivity contribution < 1.29 is 28.1 Å². The molecular weight excluding hydrogens is 766 g/mol. The highest BCUT2D eigenvalue weighted by Crippen LogP contribution is 2.35. The Bertz CT molecular complexity index is 1920. The number of hydrogen-bond donors (Lipinski definition) is 0. The quantitative estimate of drug-likeness (QED) is 0.147. The van der Waals surface area contributed by atoms with Crippen LogP contribution < -0.4 is 29.1 Å². The average molecular weight is 793 g/mol. The molecule has 3 aromatic carbocycles. The molecular formula is C32H27BrFIN2O6S. The minimum Gasteiger partial charge on any atom is -0.490 e. The van der Waals surface area contributed by atoms with Gasteiger partial charge in [-0.2, -0.15) is 0 Å². The normalized spacial score (nSPS) is 14.4. The van der Waals surface area contributed by atoms with Gasteiger partial charge in [0.1, 0.15) is 18.2 Å². The van der Waals surface area contributed by atoms with Crippen molar-refractivity contribution in [1.29, 1.82) is 0 Å². The third-order valence-electron chi connectivity index (χ3n) is 6.63. The number of carbonyl (C=O) groups is 1. The molecule has 1 aliphatic rings. The number of nitrogens with zero attached hydrogens (tertiary/aromatic N) is 2. The maximum absolute atomic E-state index is 14.1. The molecule has 0 saturated carbocycles. The molecule has 0 N–H and O–H groups in total. The highest BCUT2D eigenvalue weighted by molar-refractivity contribution is 14.1. The van der Waals surface area contributed by atoms with Crippen LogP contribution in [0.25, 0.3) is 6.08 Å². The number of ether oxygens (including phenoxy) is 4. The zero-order chi connectivity index (χ0) is 31.4. The van der Waals surface area contributed by atoms with Crippen molar-refractivity contribution in [3.63, 3.8) is 0 Å². The summed E-state index contributed by atoms with van der Waals surface area (Å²) in [5, 5.41) is 0. The van der Waals surface area contributed by atoms with Crippen LogP contribution >= 0.6 is 49.9 Å². The molecule has 2 heterocycles. The maximum Gasteiger partial charge on any atom is 0.337 e. The molecule has 0 spiro atoms. The van der Waals surface area contributed by atoms with Crippen LogP contribution in [0.5, 0.6) is 17.2 Å². The molecule has 12 heteroatoms. The van der Waals surface area contributed by atoms with Crippen LogP contribution in [-0.4, -0.2) is 30.9 Å². The number of hydrogen-bond acceptors (Lipinski definition) is 8. The Hall–Kier alpha value is -3.49. The summed E-state index contributed by atoms with van der Waals surface area (Å²) in [5.74, 6) is 0.714. The van der Waals surface area contributed by atoms with Gasteiger partial charge in [-0.3, -0.25) is 9.36 Å². The van der Waals surface area contributed by atoms with Crippen molar-refractivity contribution in [2.45, 2.75) is 26.5 Å². The number of esters is 1. The third-order valence-corrected chi connectivity index (χ3v) is 8.88. The first-order valence-corrected chi connectivity index (χ1v) is 16.3. The Labute approximate surface area is 278 Å². The van der Waals surface area contributed by atoms with Gasteiger partial charge in [-0.25, -0.2) is 14.2 Å². The number of aromatic nitrogens is 1. The fourth-order valence-corrected chi connectivity index (χ4v) is 7.37. The van der Waals surface area contributed by atoms with Gasteiger partial charge >= 0.3 is 5.97 Å². The van der Waals surface area contributed by atoms with Crippen LogP contribution in [0.15, 0.2) is 80.6 Å². The van der Waals surface area contributed by atoms with Crippen LogP contribution in [0.3, 0.4) is 0 Å². The monoisotopic (exact) mass is 792 g/mol. The molecule has 0 saturated heterocycles. The van der Waals surface area contributed by atoms with Gasteiger partial charge in [0, 0.05) is 16.2 Å². The molecule has 0 unspecified atom stereocenters. The standard InChI is InChI=1S/C32H27BrFIN2O6S/c1-4-41-25-11-8-19(13-26(25)42-5-2)28-23(31(39)40-3)16-36-32-37(28)30(38)27(44-32)14-20-12-21(33)15-24(35)29(20)43-17-18-6-9-22(34)10-7-18/h6-16,28H,4-5,17H2,1-3H3/b27-14+/t28-/m0/s1. The van der Waals surface area contributed by atoms with Gasteiger partial charge < -0.3 is 18.9 Å². The van der Waals surface area contributed by atoms with Crippen molar-refractivity contribution >= 4 is 61.9 Å². The molecule has 0 radical (unpaired) electrons. The number of methoxy groups -OCH3 is 1. The van der Waals surface area contributed by atoms with E-state index in [-0.39, 0.29) is 23.6 Å². The summed E-state index contributed by atoms with van der Waals surface area (Å²) in [7, 11) is 1.29. The van der Waals surface area contributed by atoms with Crippen molar-refractivity contribution in [3.8, 4) is 17.2 Å². The summed E-state index contributed by atoms with van der Waals surface area (Å²) in [6.45, 7) is 4.81. The zero-order valence-electron chi connectivity index (χ0n) is 23.9. The zero-order valence-corrected chi connectivity index (χ0v) is 28.5. The molecule has 1 atom stereocenters. The van der Waals surface area contributed by atoms with Crippen LogP contribution in [0, 0.1) is 9.39 Å². The number of carbonyl (C=O) groups excluding carboxylic acids is 1. The number of halogens is 3. The molecule has 0 fully saturated rings. The van der Waals surface area contributed by atoms with Crippen LogP contribution in [0.1, 0.15) is 36.6 Å². The molecule has 8 nitrogen and oxygen atoms in total. The second-order valence-electron chi connectivity index (χ2n) is 9.47. The van der Waals surface area contributed by atoms with E-state index in [1.807, 2.05) is 26.0 Å². The highest BCUT2D eigenvalue weighted by atomic mass is 127. The van der Waals surface area contributed by atoms with Gasteiger partial charge in [0.15, 0.2) is 16.3 Å². The van der Waals surface area contributed by atoms with Gasteiger partial charge in [0.05, 0.1) is 40.0 Å². The lowest BCUT2D eigenvalue weighted by molar-refractivity contribution is -0.136. The van der Waals surface area contributed by atoms with Crippen LogP contribution in [0.2, 0.25) is 0 Å². The van der Waals surface area contributed by atoms with Crippen molar-refractivity contribution in [3.05, 3.63) is 117 Å². The first-order chi connectivity index (χ1) is 21.2.